The topological polar surface area (TPSA) is 54.4 Å². The maximum absolute atomic E-state index is 9.99. The molecule has 0 bridgehead atoms. The van der Waals surface area contributed by atoms with E-state index in [1.54, 1.807) is 6.92 Å². The van der Waals surface area contributed by atoms with Crippen molar-refractivity contribution in [2.45, 2.75) is 6.92 Å². The molecule has 8 heavy (non-hydrogen) atoms. The number of aliphatic hydroxyl groups is 1. The Bertz CT molecular complexity index is 109. The molecule has 0 saturated heterocycles. The molecular formula is C2H6F2O3S. The van der Waals surface area contributed by atoms with Crippen LogP contribution in [0.15, 0.2) is 0 Å². The van der Waals surface area contributed by atoms with Gasteiger partial charge in [0.15, 0.2) is 0 Å². The Kier molecular flexibility index (Phi) is 6.58. The third-order valence-corrected chi connectivity index (χ3v) is 0. The van der Waals surface area contributed by atoms with Crippen LogP contribution in [0.1, 0.15) is 6.92 Å². The molecule has 0 aromatic heterocycles. The van der Waals surface area contributed by atoms with E-state index in [0.29, 0.717) is 0 Å². The van der Waals surface area contributed by atoms with Crippen molar-refractivity contribution < 1.29 is 21.3 Å². The summed E-state index contributed by atoms with van der Waals surface area (Å²) in [5.74, 6) is 0. The lowest BCUT2D eigenvalue weighted by molar-refractivity contribution is 0.318. The molecule has 52 valence electrons. The summed E-state index contributed by atoms with van der Waals surface area (Å²) >= 11 is 0. The molecule has 0 unspecified atom stereocenters. The van der Waals surface area contributed by atoms with Crippen LogP contribution in [0, 0.1) is 0 Å². The van der Waals surface area contributed by atoms with Gasteiger partial charge in [-0.2, -0.15) is 8.42 Å². The molecule has 3 nitrogen and oxygen atoms in total. The van der Waals surface area contributed by atoms with Crippen LogP contribution in [0.25, 0.3) is 0 Å². The zero-order valence-electron chi connectivity index (χ0n) is 4.13. The highest BCUT2D eigenvalue weighted by Crippen LogP contribution is 1.85. The molecule has 0 aromatic carbocycles. The summed E-state index contributed by atoms with van der Waals surface area (Å²) in [6.45, 7) is 1.93. The Balaban J connectivity index is 0. The van der Waals surface area contributed by atoms with Crippen molar-refractivity contribution in [2.75, 3.05) is 6.61 Å². The summed E-state index contributed by atoms with van der Waals surface area (Å²) in [7, 11) is -5.67. The van der Waals surface area contributed by atoms with Gasteiger partial charge in [-0.3, -0.25) is 0 Å². The lowest BCUT2D eigenvalue weighted by Gasteiger charge is -1.57. The first kappa shape index (κ1) is 10.7. The van der Waals surface area contributed by atoms with E-state index in [1.165, 1.54) is 0 Å². The van der Waals surface area contributed by atoms with Crippen LogP contribution in [0.4, 0.5) is 7.77 Å². The third kappa shape index (κ3) is 2480. The van der Waals surface area contributed by atoms with E-state index in [9.17, 15) is 7.77 Å². The van der Waals surface area contributed by atoms with Crippen molar-refractivity contribution in [1.82, 2.24) is 0 Å². The molecule has 0 spiro atoms. The average molecular weight is 148 g/mol. The fourth-order valence-electron chi connectivity index (χ4n) is 0. The first-order valence-corrected chi connectivity index (χ1v) is 2.95. The van der Waals surface area contributed by atoms with Crippen molar-refractivity contribution >= 4 is 10.6 Å². The first-order valence-electron chi connectivity index (χ1n) is 1.67. The van der Waals surface area contributed by atoms with E-state index in [-0.39, 0.29) is 6.61 Å². The normalized spacial score (nSPS) is 9.50. The molecule has 0 aliphatic heterocycles. The Morgan fingerprint density at radius 2 is 1.50 bits per heavy atom. The van der Waals surface area contributed by atoms with Gasteiger partial charge >= 0.3 is 10.6 Å². The average Bonchev–Trinajstić information content (AvgIpc) is 1.27. The second-order valence-corrected chi connectivity index (χ2v) is 1.45. The van der Waals surface area contributed by atoms with Crippen LogP contribution in [-0.2, 0) is 10.6 Å². The van der Waals surface area contributed by atoms with Crippen molar-refractivity contribution in [1.29, 1.82) is 0 Å². The standard InChI is InChI=1S/C2H6O.F2O2S/c1-2-3;1-5(2,3)4/h3H,2H2,1H3;. The van der Waals surface area contributed by atoms with E-state index in [4.69, 9.17) is 13.5 Å². The van der Waals surface area contributed by atoms with Gasteiger partial charge in [-0.1, -0.05) is 7.77 Å². The van der Waals surface area contributed by atoms with Crippen molar-refractivity contribution in [2.24, 2.45) is 0 Å². The van der Waals surface area contributed by atoms with Crippen molar-refractivity contribution in [3.8, 4) is 0 Å². The summed E-state index contributed by atoms with van der Waals surface area (Å²) in [4.78, 5) is 0. The molecule has 0 heterocycles. The molecule has 0 radical (unpaired) electrons. The van der Waals surface area contributed by atoms with Crippen molar-refractivity contribution in [3.05, 3.63) is 0 Å². The van der Waals surface area contributed by atoms with Crippen LogP contribution in [0.2, 0.25) is 0 Å². The summed E-state index contributed by atoms with van der Waals surface area (Å²) in [6.07, 6.45) is 0. The number of aliphatic hydroxyl groups excluding tert-OH is 1. The van der Waals surface area contributed by atoms with Gasteiger partial charge in [0.2, 0.25) is 0 Å². The number of hydrogen-bond donors (Lipinski definition) is 1. The van der Waals surface area contributed by atoms with Crippen LogP contribution in [0.5, 0.6) is 0 Å². The maximum Gasteiger partial charge on any atom is 0.476 e. The predicted molar refractivity (Wildman–Crippen MR) is 23.9 cm³/mol. The zero-order valence-corrected chi connectivity index (χ0v) is 4.95. The molecular weight excluding hydrogens is 142 g/mol. The minimum atomic E-state index is -5.67. The van der Waals surface area contributed by atoms with Crippen LogP contribution < -0.4 is 0 Å². The van der Waals surface area contributed by atoms with Gasteiger partial charge in [-0.15, -0.1) is 0 Å². The number of halogens is 2. The highest BCUT2D eigenvalue weighted by molar-refractivity contribution is 7.81. The Morgan fingerprint density at radius 3 is 1.50 bits per heavy atom. The lowest BCUT2D eigenvalue weighted by Crippen LogP contribution is -1.69. The van der Waals surface area contributed by atoms with Crippen molar-refractivity contribution in [3.63, 3.8) is 0 Å². The molecule has 0 rings (SSSR count). The van der Waals surface area contributed by atoms with Gasteiger partial charge in [0.25, 0.3) is 0 Å². The summed E-state index contributed by atoms with van der Waals surface area (Å²) in [5.41, 5.74) is 0. The minimum Gasteiger partial charge on any atom is -0.397 e. The van der Waals surface area contributed by atoms with Gasteiger partial charge < -0.3 is 5.11 Å². The molecule has 0 fully saturated rings. The molecule has 0 amide bonds. The number of hydrogen-bond acceptors (Lipinski definition) is 3. The van der Waals surface area contributed by atoms with Gasteiger partial charge in [-0.25, -0.2) is 0 Å². The van der Waals surface area contributed by atoms with E-state index in [1.807, 2.05) is 0 Å². The van der Waals surface area contributed by atoms with Crippen LogP contribution in [0.3, 0.4) is 0 Å². The Labute approximate surface area is 46.5 Å². The zero-order chi connectivity index (χ0) is 7.21. The maximum atomic E-state index is 9.99. The smallest absolute Gasteiger partial charge is 0.397 e. The molecule has 1 N–H and O–H groups in total. The minimum absolute atomic E-state index is 0.250. The summed E-state index contributed by atoms with van der Waals surface area (Å²) < 4.78 is 36.6. The van der Waals surface area contributed by atoms with E-state index in [2.05, 4.69) is 0 Å². The van der Waals surface area contributed by atoms with Crippen LogP contribution >= 0.6 is 0 Å². The largest absolute Gasteiger partial charge is 0.476 e. The molecule has 0 aromatic rings. The molecule has 0 aliphatic carbocycles. The monoisotopic (exact) mass is 148 g/mol. The van der Waals surface area contributed by atoms with E-state index >= 15 is 0 Å². The lowest BCUT2D eigenvalue weighted by atomic mass is 10.9. The Hall–Kier alpha value is -0.230. The first-order chi connectivity index (χ1) is 3.41. The quantitative estimate of drug-likeness (QED) is 0.498. The Morgan fingerprint density at radius 1 is 1.50 bits per heavy atom. The second-order valence-electron chi connectivity index (χ2n) is 0.695. The van der Waals surface area contributed by atoms with Gasteiger partial charge in [-0.05, 0) is 6.92 Å². The SMILES string of the molecule is CCO.O=S(=O)(F)F. The molecule has 0 aliphatic rings. The number of rotatable bonds is 0. The predicted octanol–water partition coefficient (Wildman–Crippen LogP) is 0.169. The van der Waals surface area contributed by atoms with E-state index < -0.39 is 10.6 Å². The van der Waals surface area contributed by atoms with Gasteiger partial charge in [0, 0.05) is 6.61 Å². The van der Waals surface area contributed by atoms with Gasteiger partial charge in [0.1, 0.15) is 0 Å². The van der Waals surface area contributed by atoms with E-state index in [0.717, 1.165) is 0 Å². The molecule has 6 heteroatoms. The second kappa shape index (κ2) is 4.92. The molecule has 0 saturated carbocycles. The third-order valence-electron chi connectivity index (χ3n) is 0. The molecule has 0 atom stereocenters. The fourth-order valence-corrected chi connectivity index (χ4v) is 0. The van der Waals surface area contributed by atoms with Crippen LogP contribution in [-0.4, -0.2) is 20.1 Å². The summed E-state index contributed by atoms with van der Waals surface area (Å²) in [6, 6.07) is 0. The fraction of sp³-hybridized carbons (Fsp3) is 1.00. The highest BCUT2D eigenvalue weighted by Gasteiger charge is 1.94. The highest BCUT2D eigenvalue weighted by atomic mass is 32.3. The van der Waals surface area contributed by atoms with Gasteiger partial charge in [0.05, 0.1) is 0 Å². The summed E-state index contributed by atoms with van der Waals surface area (Å²) in [5, 5.41) is 7.57.